The van der Waals surface area contributed by atoms with Crippen LogP contribution in [0.15, 0.2) is 42.6 Å². The van der Waals surface area contributed by atoms with Crippen molar-refractivity contribution < 1.29 is 4.39 Å². The van der Waals surface area contributed by atoms with Gasteiger partial charge >= 0.3 is 0 Å². The third kappa shape index (κ3) is 3.43. The molecule has 1 aliphatic carbocycles. The summed E-state index contributed by atoms with van der Waals surface area (Å²) < 4.78 is 15.7. The van der Waals surface area contributed by atoms with Gasteiger partial charge in [-0.05, 0) is 54.9 Å². The Morgan fingerprint density at radius 3 is 2.56 bits per heavy atom. The van der Waals surface area contributed by atoms with E-state index in [1.54, 1.807) is 0 Å². The van der Waals surface area contributed by atoms with E-state index in [1.807, 2.05) is 12.1 Å². The summed E-state index contributed by atoms with van der Waals surface area (Å²) in [5.74, 6) is -0.204. The Labute approximate surface area is 153 Å². The van der Waals surface area contributed by atoms with Gasteiger partial charge in [0, 0.05) is 31.0 Å². The third-order valence-electron chi connectivity index (χ3n) is 5.42. The molecule has 25 heavy (non-hydrogen) atoms. The minimum absolute atomic E-state index is 0.0351. The predicted octanol–water partition coefficient (Wildman–Crippen LogP) is 4.24. The van der Waals surface area contributed by atoms with Crippen LogP contribution in [0.5, 0.6) is 0 Å². The van der Waals surface area contributed by atoms with E-state index in [0.29, 0.717) is 6.04 Å². The number of aromatic nitrogens is 1. The number of nitrogens with one attached hydrogen (secondary N) is 1. The molecule has 0 bridgehead atoms. The molecule has 2 aromatic rings. The van der Waals surface area contributed by atoms with Crippen LogP contribution >= 0.6 is 12.2 Å². The number of halogens is 1. The van der Waals surface area contributed by atoms with Crippen LogP contribution < -0.4 is 5.32 Å². The third-order valence-corrected chi connectivity index (χ3v) is 5.77. The normalized spacial score (nSPS) is 21.0. The minimum atomic E-state index is -0.204. The summed E-state index contributed by atoms with van der Waals surface area (Å²) in [6.07, 6.45) is 8.41. The molecule has 1 aliphatic heterocycles. The Morgan fingerprint density at radius 1 is 1.04 bits per heavy atom. The van der Waals surface area contributed by atoms with Gasteiger partial charge in [0.2, 0.25) is 0 Å². The lowest BCUT2D eigenvalue weighted by Crippen LogP contribution is -2.50. The van der Waals surface area contributed by atoms with E-state index < -0.39 is 0 Å². The van der Waals surface area contributed by atoms with Crippen LogP contribution in [0.25, 0.3) is 0 Å². The molecule has 0 radical (unpaired) electrons. The number of rotatable bonds is 2. The van der Waals surface area contributed by atoms with E-state index in [0.717, 1.165) is 23.8 Å². The second-order valence-corrected chi connectivity index (χ2v) is 7.45. The molecule has 5 heteroatoms. The minimum Gasteiger partial charge on any atom is -0.360 e. The van der Waals surface area contributed by atoms with Crippen LogP contribution in [0, 0.1) is 5.82 Å². The van der Waals surface area contributed by atoms with E-state index in [9.17, 15) is 4.39 Å². The summed E-state index contributed by atoms with van der Waals surface area (Å²) in [6.45, 7) is 1.79. The van der Waals surface area contributed by atoms with E-state index in [4.69, 9.17) is 12.2 Å². The van der Waals surface area contributed by atoms with Gasteiger partial charge in [0.15, 0.2) is 5.11 Å². The molecule has 2 heterocycles. The van der Waals surface area contributed by atoms with E-state index in [1.165, 1.54) is 49.9 Å². The zero-order chi connectivity index (χ0) is 17.2. The fraction of sp³-hybridized carbons (Fsp3) is 0.450. The number of thiocarbonyl (C=S) groups is 1. The average molecular weight is 357 g/mol. The van der Waals surface area contributed by atoms with Gasteiger partial charge in [0.1, 0.15) is 5.82 Å². The van der Waals surface area contributed by atoms with Gasteiger partial charge in [-0.15, -0.1) is 0 Å². The molecule has 1 N–H and O–H groups in total. The topological polar surface area (TPSA) is 20.2 Å². The highest BCUT2D eigenvalue weighted by Gasteiger charge is 2.31. The average Bonchev–Trinajstić information content (AvgIpc) is 3.11. The van der Waals surface area contributed by atoms with E-state index in [-0.39, 0.29) is 11.9 Å². The number of benzene rings is 1. The van der Waals surface area contributed by atoms with E-state index >= 15 is 0 Å². The number of hydrogen-bond donors (Lipinski definition) is 1. The molecular weight excluding hydrogens is 333 g/mol. The lowest BCUT2D eigenvalue weighted by Gasteiger charge is -2.40. The van der Waals surface area contributed by atoms with Crippen LogP contribution in [-0.2, 0) is 6.54 Å². The van der Waals surface area contributed by atoms with Gasteiger partial charge in [-0.2, -0.15) is 0 Å². The SMILES string of the molecule is Fc1ccc([C@@H]2c3cccn3CCN2C(=S)NC2CCCCC2)cc1. The maximum Gasteiger partial charge on any atom is 0.170 e. The highest BCUT2D eigenvalue weighted by molar-refractivity contribution is 7.80. The molecule has 2 aliphatic rings. The molecule has 0 unspecified atom stereocenters. The van der Waals surface area contributed by atoms with Gasteiger partial charge < -0.3 is 14.8 Å². The Balaban J connectivity index is 1.61. The molecule has 1 atom stereocenters. The van der Waals surface area contributed by atoms with Crippen molar-refractivity contribution in [1.29, 1.82) is 0 Å². The predicted molar refractivity (Wildman–Crippen MR) is 102 cm³/mol. The molecule has 4 rings (SSSR count). The second kappa shape index (κ2) is 7.16. The van der Waals surface area contributed by atoms with Gasteiger partial charge in [0.05, 0.1) is 6.04 Å². The Kier molecular flexibility index (Phi) is 4.75. The largest absolute Gasteiger partial charge is 0.360 e. The first kappa shape index (κ1) is 16.6. The highest BCUT2D eigenvalue weighted by atomic mass is 32.1. The Bertz CT molecular complexity index is 734. The monoisotopic (exact) mass is 357 g/mol. The first-order valence-corrected chi connectivity index (χ1v) is 9.61. The molecule has 0 saturated heterocycles. The maximum absolute atomic E-state index is 13.4. The van der Waals surface area contributed by atoms with Crippen LogP contribution in [0.2, 0.25) is 0 Å². The quantitative estimate of drug-likeness (QED) is 0.812. The fourth-order valence-corrected chi connectivity index (χ4v) is 4.47. The van der Waals surface area contributed by atoms with Gasteiger partial charge in [-0.25, -0.2) is 4.39 Å². The molecular formula is C20H24FN3S. The second-order valence-electron chi connectivity index (χ2n) is 7.06. The van der Waals surface area contributed by atoms with Crippen molar-refractivity contribution in [3.63, 3.8) is 0 Å². The van der Waals surface area contributed by atoms with Crippen LogP contribution in [0.3, 0.4) is 0 Å². The highest BCUT2D eigenvalue weighted by Crippen LogP contribution is 2.33. The molecule has 0 spiro atoms. The summed E-state index contributed by atoms with van der Waals surface area (Å²) in [5, 5.41) is 4.42. The number of hydrogen-bond acceptors (Lipinski definition) is 1. The Hall–Kier alpha value is -1.88. The lowest BCUT2D eigenvalue weighted by molar-refractivity contribution is 0.278. The molecule has 1 saturated carbocycles. The van der Waals surface area contributed by atoms with Crippen molar-refractivity contribution in [2.45, 2.75) is 50.7 Å². The summed E-state index contributed by atoms with van der Waals surface area (Å²) in [6, 6.07) is 11.6. The van der Waals surface area contributed by atoms with E-state index in [2.05, 4.69) is 33.1 Å². The summed E-state index contributed by atoms with van der Waals surface area (Å²) >= 11 is 5.79. The van der Waals surface area contributed by atoms with Gasteiger partial charge in [-0.3, -0.25) is 0 Å². The first-order chi connectivity index (χ1) is 12.2. The van der Waals surface area contributed by atoms with Crippen molar-refractivity contribution in [2.75, 3.05) is 6.54 Å². The van der Waals surface area contributed by atoms with Crippen molar-refractivity contribution >= 4 is 17.3 Å². The smallest absolute Gasteiger partial charge is 0.170 e. The molecule has 3 nitrogen and oxygen atoms in total. The maximum atomic E-state index is 13.4. The fourth-order valence-electron chi connectivity index (χ4n) is 4.10. The zero-order valence-electron chi connectivity index (χ0n) is 14.3. The Morgan fingerprint density at radius 2 is 1.80 bits per heavy atom. The standard InChI is InChI=1S/C20H24FN3S/c21-16-10-8-15(9-11-16)19-18-7-4-12-23(18)13-14-24(19)20(25)22-17-5-2-1-3-6-17/h4,7-12,17,19H,1-3,5-6,13-14H2,(H,22,25)/t19-/m1/s1. The summed E-state index contributed by atoms with van der Waals surface area (Å²) in [4.78, 5) is 2.27. The lowest BCUT2D eigenvalue weighted by atomic mass is 9.95. The molecule has 1 aromatic carbocycles. The molecule has 1 aromatic heterocycles. The molecule has 1 fully saturated rings. The van der Waals surface area contributed by atoms with Crippen LogP contribution in [0.1, 0.15) is 49.4 Å². The van der Waals surface area contributed by atoms with Crippen molar-refractivity contribution in [1.82, 2.24) is 14.8 Å². The van der Waals surface area contributed by atoms with Gasteiger partial charge in [-0.1, -0.05) is 31.4 Å². The van der Waals surface area contributed by atoms with Crippen molar-refractivity contribution in [2.24, 2.45) is 0 Å². The summed E-state index contributed by atoms with van der Waals surface area (Å²) in [7, 11) is 0. The zero-order valence-corrected chi connectivity index (χ0v) is 15.1. The van der Waals surface area contributed by atoms with Crippen molar-refractivity contribution in [3.8, 4) is 0 Å². The summed E-state index contributed by atoms with van der Waals surface area (Å²) in [5.41, 5.74) is 2.29. The molecule has 0 amide bonds. The number of fused-ring (bicyclic) bond motifs is 1. The molecule has 132 valence electrons. The van der Waals surface area contributed by atoms with Crippen molar-refractivity contribution in [3.05, 3.63) is 59.7 Å². The van der Waals surface area contributed by atoms with Crippen LogP contribution in [-0.4, -0.2) is 27.2 Å². The first-order valence-electron chi connectivity index (χ1n) is 9.20. The van der Waals surface area contributed by atoms with Gasteiger partial charge in [0.25, 0.3) is 0 Å². The van der Waals surface area contributed by atoms with Crippen LogP contribution in [0.4, 0.5) is 4.39 Å². The number of nitrogens with zero attached hydrogens (tertiary/aromatic N) is 2.